The first-order chi connectivity index (χ1) is 11.2. The van der Waals surface area contributed by atoms with Crippen molar-refractivity contribution in [2.45, 2.75) is 31.8 Å². The standard InChI is InChI=1S/C20H24N2O/c1-21(19-7-6-15-4-2-3-5-16(15)12-19)17-8-10-18(11-9-17)22-13-20(23)14-22/h6-12,20,23H,2-5,13-14H2,1H3. The van der Waals surface area contributed by atoms with Crippen LogP contribution in [-0.2, 0) is 12.8 Å². The van der Waals surface area contributed by atoms with Crippen LogP contribution >= 0.6 is 0 Å². The minimum Gasteiger partial charge on any atom is -0.389 e. The molecule has 0 aromatic heterocycles. The number of rotatable bonds is 3. The molecule has 0 saturated carbocycles. The van der Waals surface area contributed by atoms with Crippen LogP contribution in [0.2, 0.25) is 0 Å². The average molecular weight is 308 g/mol. The van der Waals surface area contributed by atoms with E-state index in [2.05, 4.69) is 59.3 Å². The van der Waals surface area contributed by atoms with Gasteiger partial charge in [0.1, 0.15) is 0 Å². The van der Waals surface area contributed by atoms with Crippen molar-refractivity contribution in [2.24, 2.45) is 0 Å². The molecule has 23 heavy (non-hydrogen) atoms. The largest absolute Gasteiger partial charge is 0.389 e. The summed E-state index contributed by atoms with van der Waals surface area (Å²) in [5, 5.41) is 9.42. The lowest BCUT2D eigenvalue weighted by atomic mass is 9.91. The highest BCUT2D eigenvalue weighted by Crippen LogP contribution is 2.31. The van der Waals surface area contributed by atoms with Crippen LogP contribution in [0.1, 0.15) is 24.0 Å². The monoisotopic (exact) mass is 308 g/mol. The van der Waals surface area contributed by atoms with Gasteiger partial charge in [0.05, 0.1) is 6.10 Å². The highest BCUT2D eigenvalue weighted by Gasteiger charge is 2.24. The van der Waals surface area contributed by atoms with Crippen LogP contribution in [0.25, 0.3) is 0 Å². The van der Waals surface area contributed by atoms with Crippen LogP contribution in [0.5, 0.6) is 0 Å². The van der Waals surface area contributed by atoms with E-state index in [1.54, 1.807) is 0 Å². The third-order valence-electron chi connectivity index (χ3n) is 5.18. The molecule has 0 amide bonds. The zero-order valence-corrected chi connectivity index (χ0v) is 13.7. The third kappa shape index (κ3) is 2.81. The third-order valence-corrected chi connectivity index (χ3v) is 5.18. The van der Waals surface area contributed by atoms with Gasteiger partial charge >= 0.3 is 0 Å². The van der Waals surface area contributed by atoms with Gasteiger partial charge in [0.25, 0.3) is 0 Å². The van der Waals surface area contributed by atoms with E-state index in [1.807, 2.05) is 0 Å². The summed E-state index contributed by atoms with van der Waals surface area (Å²) in [6.07, 6.45) is 4.93. The number of hydrogen-bond donors (Lipinski definition) is 1. The van der Waals surface area contributed by atoms with Crippen LogP contribution < -0.4 is 9.80 Å². The second kappa shape index (κ2) is 5.89. The fourth-order valence-electron chi connectivity index (χ4n) is 3.63. The Morgan fingerprint density at radius 3 is 2.26 bits per heavy atom. The Bertz CT molecular complexity index is 689. The van der Waals surface area contributed by atoms with Crippen molar-refractivity contribution in [2.75, 3.05) is 29.9 Å². The number of hydrogen-bond acceptors (Lipinski definition) is 3. The summed E-state index contributed by atoms with van der Waals surface area (Å²) in [7, 11) is 2.13. The molecule has 2 aliphatic rings. The Balaban J connectivity index is 1.53. The van der Waals surface area contributed by atoms with Crippen LogP contribution in [0.3, 0.4) is 0 Å². The van der Waals surface area contributed by atoms with E-state index in [-0.39, 0.29) is 6.10 Å². The molecule has 2 aromatic rings. The molecule has 1 aliphatic carbocycles. The Morgan fingerprint density at radius 2 is 1.57 bits per heavy atom. The highest BCUT2D eigenvalue weighted by molar-refractivity contribution is 5.66. The lowest BCUT2D eigenvalue weighted by molar-refractivity contribution is 0.142. The number of benzene rings is 2. The number of fused-ring (bicyclic) bond motifs is 1. The molecule has 0 spiro atoms. The fourth-order valence-corrected chi connectivity index (χ4v) is 3.63. The molecular weight excluding hydrogens is 284 g/mol. The number of β-amino-alcohol motifs (C(OH)–C–C–N with tert-alkyl or cyclic N) is 1. The Labute approximate surface area is 138 Å². The summed E-state index contributed by atoms with van der Waals surface area (Å²) < 4.78 is 0. The van der Waals surface area contributed by atoms with Gasteiger partial charge in [0.2, 0.25) is 0 Å². The van der Waals surface area contributed by atoms with Gasteiger partial charge in [0.15, 0.2) is 0 Å². The zero-order valence-electron chi connectivity index (χ0n) is 13.7. The van der Waals surface area contributed by atoms with E-state index < -0.39 is 0 Å². The first kappa shape index (κ1) is 14.6. The predicted octanol–water partition coefficient (Wildman–Crippen LogP) is 3.51. The van der Waals surface area contributed by atoms with Gasteiger partial charge in [-0.05, 0) is 73.2 Å². The van der Waals surface area contributed by atoms with E-state index in [1.165, 1.54) is 53.9 Å². The summed E-state index contributed by atoms with van der Waals surface area (Å²) in [5.41, 5.74) is 6.70. The summed E-state index contributed by atoms with van der Waals surface area (Å²) in [4.78, 5) is 4.46. The minimum absolute atomic E-state index is 0.159. The van der Waals surface area contributed by atoms with Crippen molar-refractivity contribution in [3.05, 3.63) is 53.6 Å². The first-order valence-corrected chi connectivity index (χ1v) is 8.59. The Kier molecular flexibility index (Phi) is 3.74. The summed E-state index contributed by atoms with van der Waals surface area (Å²) in [6, 6.07) is 15.5. The molecule has 1 saturated heterocycles. The molecule has 1 heterocycles. The average Bonchev–Trinajstić information content (AvgIpc) is 2.58. The molecule has 2 aromatic carbocycles. The maximum Gasteiger partial charge on any atom is 0.0889 e. The van der Waals surface area contributed by atoms with Gasteiger partial charge in [-0.2, -0.15) is 0 Å². The van der Waals surface area contributed by atoms with Crippen molar-refractivity contribution in [1.82, 2.24) is 0 Å². The van der Waals surface area contributed by atoms with Gasteiger partial charge < -0.3 is 14.9 Å². The number of aliphatic hydroxyl groups excluding tert-OH is 1. The van der Waals surface area contributed by atoms with Gasteiger partial charge in [-0.3, -0.25) is 0 Å². The first-order valence-electron chi connectivity index (χ1n) is 8.59. The lowest BCUT2D eigenvalue weighted by Gasteiger charge is -2.38. The molecule has 0 unspecified atom stereocenters. The van der Waals surface area contributed by atoms with E-state index in [9.17, 15) is 5.11 Å². The molecule has 1 aliphatic heterocycles. The topological polar surface area (TPSA) is 26.7 Å². The second-order valence-electron chi connectivity index (χ2n) is 6.79. The molecule has 1 N–H and O–H groups in total. The minimum atomic E-state index is -0.159. The maximum atomic E-state index is 9.42. The zero-order chi connectivity index (χ0) is 15.8. The van der Waals surface area contributed by atoms with Crippen LogP contribution in [0, 0.1) is 0 Å². The van der Waals surface area contributed by atoms with Gasteiger partial charge in [-0.1, -0.05) is 6.07 Å². The quantitative estimate of drug-likeness (QED) is 0.940. The van der Waals surface area contributed by atoms with Crippen molar-refractivity contribution in [3.8, 4) is 0 Å². The summed E-state index contributed by atoms with van der Waals surface area (Å²) >= 11 is 0. The van der Waals surface area contributed by atoms with Crippen molar-refractivity contribution >= 4 is 17.1 Å². The normalized spacial score (nSPS) is 17.6. The summed E-state index contributed by atoms with van der Waals surface area (Å²) in [5.74, 6) is 0. The van der Waals surface area contributed by atoms with Gasteiger partial charge in [0, 0.05) is 37.2 Å². The SMILES string of the molecule is CN(c1ccc(N2CC(O)C2)cc1)c1ccc2c(c1)CCCC2. The number of aryl methyl sites for hydroxylation is 2. The summed E-state index contributed by atoms with van der Waals surface area (Å²) in [6.45, 7) is 1.50. The molecule has 0 atom stereocenters. The van der Waals surface area contributed by atoms with Crippen LogP contribution in [-0.4, -0.2) is 31.3 Å². The molecule has 3 heteroatoms. The van der Waals surface area contributed by atoms with Crippen LogP contribution in [0.4, 0.5) is 17.1 Å². The maximum absolute atomic E-state index is 9.42. The van der Waals surface area contributed by atoms with Crippen molar-refractivity contribution < 1.29 is 5.11 Å². The second-order valence-corrected chi connectivity index (χ2v) is 6.79. The van der Waals surface area contributed by atoms with Gasteiger partial charge in [-0.25, -0.2) is 0 Å². The molecule has 1 fully saturated rings. The smallest absolute Gasteiger partial charge is 0.0889 e. The number of nitrogens with zero attached hydrogens (tertiary/aromatic N) is 2. The van der Waals surface area contributed by atoms with E-state index in [0.29, 0.717) is 0 Å². The Hall–Kier alpha value is -2.00. The highest BCUT2D eigenvalue weighted by atomic mass is 16.3. The molecule has 0 radical (unpaired) electrons. The lowest BCUT2D eigenvalue weighted by Crippen LogP contribution is -2.50. The van der Waals surface area contributed by atoms with E-state index in [4.69, 9.17) is 0 Å². The molecule has 120 valence electrons. The number of aliphatic hydroxyl groups is 1. The molecular formula is C20H24N2O. The molecule has 4 rings (SSSR count). The van der Waals surface area contributed by atoms with E-state index >= 15 is 0 Å². The van der Waals surface area contributed by atoms with Crippen molar-refractivity contribution in [1.29, 1.82) is 0 Å². The molecule has 3 nitrogen and oxygen atoms in total. The Morgan fingerprint density at radius 1 is 0.913 bits per heavy atom. The number of anilines is 3. The van der Waals surface area contributed by atoms with Crippen LogP contribution in [0.15, 0.2) is 42.5 Å². The fraction of sp³-hybridized carbons (Fsp3) is 0.400. The molecule has 0 bridgehead atoms. The van der Waals surface area contributed by atoms with E-state index in [0.717, 1.165) is 13.1 Å². The predicted molar refractivity (Wildman–Crippen MR) is 95.8 cm³/mol. The van der Waals surface area contributed by atoms with Gasteiger partial charge in [-0.15, -0.1) is 0 Å². The van der Waals surface area contributed by atoms with Crippen molar-refractivity contribution in [3.63, 3.8) is 0 Å².